The van der Waals surface area contributed by atoms with E-state index in [1.807, 2.05) is 0 Å². The summed E-state index contributed by atoms with van der Waals surface area (Å²) in [5.74, 6) is 1.69. The van der Waals surface area contributed by atoms with Crippen LogP contribution < -0.4 is 5.32 Å². The summed E-state index contributed by atoms with van der Waals surface area (Å²) in [7, 11) is 2.25. The molecule has 2 nitrogen and oxygen atoms in total. The van der Waals surface area contributed by atoms with E-state index in [4.69, 9.17) is 0 Å². The van der Waals surface area contributed by atoms with Crippen LogP contribution in [0.25, 0.3) is 0 Å². The molecule has 4 atom stereocenters. The number of nitrogens with one attached hydrogen (secondary N) is 1. The molecule has 0 aromatic carbocycles. The van der Waals surface area contributed by atoms with E-state index in [2.05, 4.69) is 45.0 Å². The SMILES string of the molecule is CCC(C)CC(C)NC(C)C1CCCN(C)C1. The van der Waals surface area contributed by atoms with Gasteiger partial charge in [0.05, 0.1) is 0 Å². The molecular weight excluding hydrogens is 208 g/mol. The van der Waals surface area contributed by atoms with E-state index in [0.717, 1.165) is 11.8 Å². The van der Waals surface area contributed by atoms with Gasteiger partial charge in [0.2, 0.25) is 0 Å². The van der Waals surface area contributed by atoms with Gasteiger partial charge in [0.1, 0.15) is 0 Å². The molecule has 0 amide bonds. The van der Waals surface area contributed by atoms with Gasteiger partial charge in [-0.2, -0.15) is 0 Å². The highest BCUT2D eigenvalue weighted by Gasteiger charge is 2.23. The normalized spacial score (nSPS) is 27.7. The summed E-state index contributed by atoms with van der Waals surface area (Å²) in [5.41, 5.74) is 0. The molecule has 0 radical (unpaired) electrons. The monoisotopic (exact) mass is 240 g/mol. The number of hydrogen-bond donors (Lipinski definition) is 1. The second-order valence-corrected chi connectivity index (χ2v) is 6.27. The molecule has 1 aliphatic heterocycles. The summed E-state index contributed by atoms with van der Waals surface area (Å²) >= 11 is 0. The number of nitrogens with zero attached hydrogens (tertiary/aromatic N) is 1. The lowest BCUT2D eigenvalue weighted by Gasteiger charge is -2.35. The van der Waals surface area contributed by atoms with Gasteiger partial charge in [-0.3, -0.25) is 0 Å². The van der Waals surface area contributed by atoms with Crippen LogP contribution in [-0.2, 0) is 0 Å². The van der Waals surface area contributed by atoms with Crippen molar-refractivity contribution >= 4 is 0 Å². The maximum atomic E-state index is 3.81. The topological polar surface area (TPSA) is 15.3 Å². The lowest BCUT2D eigenvalue weighted by Crippen LogP contribution is -2.46. The van der Waals surface area contributed by atoms with Crippen LogP contribution in [0.3, 0.4) is 0 Å². The van der Waals surface area contributed by atoms with E-state index >= 15 is 0 Å². The molecule has 0 saturated carbocycles. The minimum absolute atomic E-state index is 0.659. The predicted molar refractivity (Wildman–Crippen MR) is 76.4 cm³/mol. The standard InChI is InChI=1S/C15H32N2/c1-6-12(2)10-13(3)16-14(4)15-8-7-9-17(5)11-15/h12-16H,6-11H2,1-5H3. The first-order valence-corrected chi connectivity index (χ1v) is 7.47. The Hall–Kier alpha value is -0.0800. The molecule has 4 unspecified atom stereocenters. The highest BCUT2D eigenvalue weighted by molar-refractivity contribution is 4.81. The Balaban J connectivity index is 2.29. The third kappa shape index (κ3) is 5.39. The van der Waals surface area contributed by atoms with Crippen molar-refractivity contribution in [2.75, 3.05) is 20.1 Å². The van der Waals surface area contributed by atoms with Crippen LogP contribution in [0, 0.1) is 11.8 Å². The highest BCUT2D eigenvalue weighted by Crippen LogP contribution is 2.19. The maximum absolute atomic E-state index is 3.81. The lowest BCUT2D eigenvalue weighted by atomic mass is 9.90. The number of piperidine rings is 1. The molecule has 2 heteroatoms. The van der Waals surface area contributed by atoms with E-state index in [1.54, 1.807) is 0 Å². The van der Waals surface area contributed by atoms with E-state index in [-0.39, 0.29) is 0 Å². The molecule has 1 aliphatic rings. The van der Waals surface area contributed by atoms with Crippen LogP contribution in [0.2, 0.25) is 0 Å². The van der Waals surface area contributed by atoms with Gasteiger partial charge < -0.3 is 10.2 Å². The molecule has 1 N–H and O–H groups in total. The molecule has 0 aliphatic carbocycles. The molecular formula is C15H32N2. The van der Waals surface area contributed by atoms with Crippen molar-refractivity contribution in [2.45, 2.75) is 65.5 Å². The quantitative estimate of drug-likeness (QED) is 0.767. The van der Waals surface area contributed by atoms with Crippen LogP contribution in [0.4, 0.5) is 0 Å². The maximum Gasteiger partial charge on any atom is 0.00816 e. The molecule has 1 rings (SSSR count). The van der Waals surface area contributed by atoms with E-state index < -0.39 is 0 Å². The average molecular weight is 240 g/mol. The van der Waals surface area contributed by atoms with Crippen LogP contribution in [0.15, 0.2) is 0 Å². The van der Waals surface area contributed by atoms with Crippen molar-refractivity contribution in [3.63, 3.8) is 0 Å². The molecule has 0 bridgehead atoms. The Morgan fingerprint density at radius 3 is 2.59 bits per heavy atom. The van der Waals surface area contributed by atoms with Gasteiger partial charge in [0.15, 0.2) is 0 Å². The van der Waals surface area contributed by atoms with E-state index in [1.165, 1.54) is 38.8 Å². The first kappa shape index (κ1) is 15.0. The number of likely N-dealkylation sites (tertiary alicyclic amines) is 1. The Morgan fingerprint density at radius 2 is 2.00 bits per heavy atom. The Morgan fingerprint density at radius 1 is 1.29 bits per heavy atom. The van der Waals surface area contributed by atoms with Crippen molar-refractivity contribution in [2.24, 2.45) is 11.8 Å². The van der Waals surface area contributed by atoms with Crippen molar-refractivity contribution in [1.29, 1.82) is 0 Å². The Kier molecular flexibility index (Phi) is 6.50. The third-order valence-corrected chi connectivity index (χ3v) is 4.37. The largest absolute Gasteiger partial charge is 0.311 e. The van der Waals surface area contributed by atoms with Gasteiger partial charge in [-0.15, -0.1) is 0 Å². The van der Waals surface area contributed by atoms with Crippen molar-refractivity contribution in [1.82, 2.24) is 10.2 Å². The van der Waals surface area contributed by atoms with Crippen LogP contribution in [-0.4, -0.2) is 37.1 Å². The van der Waals surface area contributed by atoms with Crippen molar-refractivity contribution in [3.8, 4) is 0 Å². The molecule has 102 valence electrons. The molecule has 0 aromatic rings. The summed E-state index contributed by atoms with van der Waals surface area (Å²) in [6.07, 6.45) is 5.37. The zero-order valence-electron chi connectivity index (χ0n) is 12.5. The van der Waals surface area contributed by atoms with Crippen molar-refractivity contribution < 1.29 is 0 Å². The minimum atomic E-state index is 0.659. The Bertz CT molecular complexity index is 205. The Labute approximate surface area is 108 Å². The molecule has 17 heavy (non-hydrogen) atoms. The summed E-state index contributed by atoms with van der Waals surface area (Å²) in [4.78, 5) is 2.48. The number of rotatable bonds is 6. The summed E-state index contributed by atoms with van der Waals surface area (Å²) < 4.78 is 0. The molecule has 1 saturated heterocycles. The molecule has 1 heterocycles. The molecule has 1 fully saturated rings. The van der Waals surface area contributed by atoms with Crippen LogP contribution in [0.5, 0.6) is 0 Å². The van der Waals surface area contributed by atoms with Crippen molar-refractivity contribution in [3.05, 3.63) is 0 Å². The first-order valence-electron chi connectivity index (χ1n) is 7.47. The second kappa shape index (κ2) is 7.38. The molecule has 0 spiro atoms. The lowest BCUT2D eigenvalue weighted by molar-refractivity contribution is 0.171. The molecule has 0 aromatic heterocycles. The fourth-order valence-corrected chi connectivity index (χ4v) is 3.04. The van der Waals surface area contributed by atoms with Gasteiger partial charge in [0, 0.05) is 18.6 Å². The predicted octanol–water partition coefficient (Wildman–Crippen LogP) is 3.13. The van der Waals surface area contributed by atoms with E-state index in [0.29, 0.717) is 12.1 Å². The van der Waals surface area contributed by atoms with Crippen LogP contribution >= 0.6 is 0 Å². The zero-order chi connectivity index (χ0) is 12.8. The zero-order valence-corrected chi connectivity index (χ0v) is 12.5. The summed E-state index contributed by atoms with van der Waals surface area (Å²) in [5, 5.41) is 3.81. The van der Waals surface area contributed by atoms with Gasteiger partial charge in [-0.1, -0.05) is 20.3 Å². The second-order valence-electron chi connectivity index (χ2n) is 6.27. The summed E-state index contributed by atoms with van der Waals surface area (Å²) in [6.45, 7) is 11.9. The van der Waals surface area contributed by atoms with Gasteiger partial charge in [-0.25, -0.2) is 0 Å². The fraction of sp³-hybridized carbons (Fsp3) is 1.00. The fourth-order valence-electron chi connectivity index (χ4n) is 3.04. The average Bonchev–Trinajstić information content (AvgIpc) is 2.28. The first-order chi connectivity index (χ1) is 8.02. The highest BCUT2D eigenvalue weighted by atomic mass is 15.1. The minimum Gasteiger partial charge on any atom is -0.311 e. The number of hydrogen-bond acceptors (Lipinski definition) is 2. The smallest absolute Gasteiger partial charge is 0.00816 e. The third-order valence-electron chi connectivity index (χ3n) is 4.37. The summed E-state index contributed by atoms with van der Waals surface area (Å²) in [6, 6.07) is 1.32. The van der Waals surface area contributed by atoms with Gasteiger partial charge in [-0.05, 0) is 58.5 Å². The van der Waals surface area contributed by atoms with Gasteiger partial charge >= 0.3 is 0 Å². The van der Waals surface area contributed by atoms with Crippen LogP contribution in [0.1, 0.15) is 53.4 Å². The van der Waals surface area contributed by atoms with E-state index in [9.17, 15) is 0 Å². The van der Waals surface area contributed by atoms with Gasteiger partial charge in [0.25, 0.3) is 0 Å².